The molecule has 5 nitrogen and oxygen atoms in total. The zero-order valence-corrected chi connectivity index (χ0v) is 15.1. The minimum atomic E-state index is -0.228. The van der Waals surface area contributed by atoms with Crippen LogP contribution >= 0.6 is 35.3 Å². The standard InChI is InChI=1S/C16H16ClN3O2S.ClH/c17-12-4-3-11(16(22)20-7-5-18-6-8-20)10-13(12)19-15(21)14-2-1-9-23-14;/h1-4,9-10,18H,5-8H2,(H,19,21);1H. The van der Waals surface area contributed by atoms with Gasteiger partial charge in [-0.3, -0.25) is 9.59 Å². The third-order valence-electron chi connectivity index (χ3n) is 3.61. The maximum absolute atomic E-state index is 12.5. The lowest BCUT2D eigenvalue weighted by Gasteiger charge is -2.27. The van der Waals surface area contributed by atoms with E-state index in [0.717, 1.165) is 13.1 Å². The Morgan fingerprint density at radius 2 is 1.96 bits per heavy atom. The summed E-state index contributed by atoms with van der Waals surface area (Å²) in [6, 6.07) is 8.52. The molecule has 0 spiro atoms. The lowest BCUT2D eigenvalue weighted by Crippen LogP contribution is -2.46. The molecule has 1 fully saturated rings. The van der Waals surface area contributed by atoms with Gasteiger partial charge in [0.1, 0.15) is 0 Å². The second kappa shape index (κ2) is 8.48. The number of amides is 2. The summed E-state index contributed by atoms with van der Waals surface area (Å²) in [4.78, 5) is 27.1. The van der Waals surface area contributed by atoms with Crippen molar-refractivity contribution in [3.8, 4) is 0 Å². The van der Waals surface area contributed by atoms with E-state index in [4.69, 9.17) is 11.6 Å². The van der Waals surface area contributed by atoms with Crippen LogP contribution in [0, 0.1) is 0 Å². The number of carbonyl (C=O) groups is 2. The van der Waals surface area contributed by atoms with E-state index in [2.05, 4.69) is 10.6 Å². The first-order valence-corrected chi connectivity index (χ1v) is 8.55. The third kappa shape index (κ3) is 4.27. The summed E-state index contributed by atoms with van der Waals surface area (Å²) in [5, 5.41) is 8.22. The van der Waals surface area contributed by atoms with Gasteiger partial charge in [-0.05, 0) is 29.6 Å². The van der Waals surface area contributed by atoms with E-state index in [0.29, 0.717) is 34.2 Å². The van der Waals surface area contributed by atoms with Crippen LogP contribution in [0.4, 0.5) is 5.69 Å². The largest absolute Gasteiger partial charge is 0.336 e. The Labute approximate surface area is 155 Å². The molecule has 1 aromatic carbocycles. The second-order valence-electron chi connectivity index (χ2n) is 5.17. The van der Waals surface area contributed by atoms with Crippen molar-refractivity contribution < 1.29 is 9.59 Å². The van der Waals surface area contributed by atoms with Crippen molar-refractivity contribution in [3.05, 3.63) is 51.2 Å². The average Bonchev–Trinajstić information content (AvgIpc) is 3.11. The molecule has 1 aromatic heterocycles. The summed E-state index contributed by atoms with van der Waals surface area (Å²) in [6.45, 7) is 2.94. The molecule has 8 heteroatoms. The number of carbonyl (C=O) groups excluding carboxylic acids is 2. The van der Waals surface area contributed by atoms with Crippen molar-refractivity contribution in [2.45, 2.75) is 0 Å². The highest BCUT2D eigenvalue weighted by atomic mass is 35.5. The molecular weight excluding hydrogens is 369 g/mol. The minimum absolute atomic E-state index is 0. The molecule has 1 aliphatic rings. The number of piperazine rings is 1. The molecule has 24 heavy (non-hydrogen) atoms. The average molecular weight is 386 g/mol. The summed E-state index contributed by atoms with van der Waals surface area (Å²) < 4.78 is 0. The van der Waals surface area contributed by atoms with Crippen molar-refractivity contribution in [1.82, 2.24) is 10.2 Å². The van der Waals surface area contributed by atoms with E-state index < -0.39 is 0 Å². The summed E-state index contributed by atoms with van der Waals surface area (Å²) >= 11 is 7.50. The number of nitrogens with zero attached hydrogens (tertiary/aromatic N) is 1. The van der Waals surface area contributed by atoms with Crippen LogP contribution < -0.4 is 10.6 Å². The van der Waals surface area contributed by atoms with Crippen molar-refractivity contribution in [2.75, 3.05) is 31.5 Å². The Morgan fingerprint density at radius 3 is 2.62 bits per heavy atom. The number of hydrogen-bond acceptors (Lipinski definition) is 4. The fourth-order valence-corrected chi connectivity index (χ4v) is 3.18. The third-order valence-corrected chi connectivity index (χ3v) is 4.81. The highest BCUT2D eigenvalue weighted by molar-refractivity contribution is 7.12. The van der Waals surface area contributed by atoms with Crippen molar-refractivity contribution in [1.29, 1.82) is 0 Å². The van der Waals surface area contributed by atoms with Crippen LogP contribution in [-0.2, 0) is 0 Å². The number of nitrogens with one attached hydrogen (secondary N) is 2. The molecule has 0 unspecified atom stereocenters. The molecule has 2 aromatic rings. The molecule has 0 saturated carbocycles. The fraction of sp³-hybridized carbons (Fsp3) is 0.250. The molecule has 0 atom stereocenters. The zero-order valence-electron chi connectivity index (χ0n) is 12.8. The van der Waals surface area contributed by atoms with E-state index in [1.807, 2.05) is 11.4 Å². The SMILES string of the molecule is Cl.O=C(Nc1cc(C(=O)N2CCNCC2)ccc1Cl)c1cccs1. The molecule has 3 rings (SSSR count). The predicted molar refractivity (Wildman–Crippen MR) is 99.7 cm³/mol. The van der Waals surface area contributed by atoms with Gasteiger partial charge in [0.05, 0.1) is 15.6 Å². The number of halogens is 2. The molecule has 1 saturated heterocycles. The number of benzene rings is 1. The van der Waals surface area contributed by atoms with Crippen LogP contribution in [0.2, 0.25) is 5.02 Å². The first kappa shape index (κ1) is 18.7. The Bertz CT molecular complexity index is 716. The van der Waals surface area contributed by atoms with E-state index in [1.165, 1.54) is 11.3 Å². The maximum Gasteiger partial charge on any atom is 0.265 e. The van der Waals surface area contributed by atoms with E-state index in [9.17, 15) is 9.59 Å². The number of hydrogen-bond donors (Lipinski definition) is 2. The van der Waals surface area contributed by atoms with Gasteiger partial charge in [-0.15, -0.1) is 23.7 Å². The molecule has 0 bridgehead atoms. The van der Waals surface area contributed by atoms with Crippen LogP contribution in [0.3, 0.4) is 0 Å². The van der Waals surface area contributed by atoms with Gasteiger partial charge in [0, 0.05) is 31.7 Å². The highest BCUT2D eigenvalue weighted by Crippen LogP contribution is 2.25. The van der Waals surface area contributed by atoms with Gasteiger partial charge in [-0.25, -0.2) is 0 Å². The first-order valence-electron chi connectivity index (χ1n) is 7.29. The van der Waals surface area contributed by atoms with Gasteiger partial charge in [-0.1, -0.05) is 17.7 Å². The van der Waals surface area contributed by atoms with Crippen molar-refractivity contribution in [2.24, 2.45) is 0 Å². The predicted octanol–water partition coefficient (Wildman–Crippen LogP) is 3.12. The molecular formula is C16H17Cl2N3O2S. The van der Waals surface area contributed by atoms with Gasteiger partial charge >= 0.3 is 0 Å². The highest BCUT2D eigenvalue weighted by Gasteiger charge is 2.19. The molecule has 1 aliphatic heterocycles. The first-order chi connectivity index (χ1) is 11.1. The Hall–Kier alpha value is -1.60. The quantitative estimate of drug-likeness (QED) is 0.852. The van der Waals surface area contributed by atoms with Crippen LogP contribution in [-0.4, -0.2) is 42.9 Å². The summed E-state index contributed by atoms with van der Waals surface area (Å²) in [5.41, 5.74) is 0.976. The van der Waals surface area contributed by atoms with Crippen LogP contribution in [0.1, 0.15) is 20.0 Å². The van der Waals surface area contributed by atoms with E-state index in [-0.39, 0.29) is 24.2 Å². The van der Waals surface area contributed by atoms with Gasteiger partial charge in [0.25, 0.3) is 11.8 Å². The van der Waals surface area contributed by atoms with Gasteiger partial charge in [0.15, 0.2) is 0 Å². The smallest absolute Gasteiger partial charge is 0.265 e. The normalized spacial score (nSPS) is 14.0. The second-order valence-corrected chi connectivity index (χ2v) is 6.52. The topological polar surface area (TPSA) is 61.4 Å². The van der Waals surface area contributed by atoms with Crippen LogP contribution in [0.25, 0.3) is 0 Å². The van der Waals surface area contributed by atoms with Crippen LogP contribution in [0.15, 0.2) is 35.7 Å². The maximum atomic E-state index is 12.5. The molecule has 128 valence electrons. The molecule has 2 N–H and O–H groups in total. The summed E-state index contributed by atoms with van der Waals surface area (Å²) in [5.74, 6) is -0.275. The molecule has 2 amide bonds. The molecule has 2 heterocycles. The monoisotopic (exact) mass is 385 g/mol. The van der Waals surface area contributed by atoms with Gasteiger partial charge in [-0.2, -0.15) is 0 Å². The number of rotatable bonds is 3. The Morgan fingerprint density at radius 1 is 1.21 bits per heavy atom. The summed E-state index contributed by atoms with van der Waals surface area (Å²) in [6.07, 6.45) is 0. The van der Waals surface area contributed by atoms with E-state index in [1.54, 1.807) is 29.2 Å². The Balaban J connectivity index is 0.00000208. The molecule has 0 radical (unpaired) electrons. The fourth-order valence-electron chi connectivity index (χ4n) is 2.40. The zero-order chi connectivity index (χ0) is 16.2. The van der Waals surface area contributed by atoms with Gasteiger partial charge < -0.3 is 15.5 Å². The van der Waals surface area contributed by atoms with Crippen LogP contribution in [0.5, 0.6) is 0 Å². The Kier molecular flexibility index (Phi) is 6.62. The van der Waals surface area contributed by atoms with Crippen molar-refractivity contribution in [3.63, 3.8) is 0 Å². The molecule has 0 aliphatic carbocycles. The number of anilines is 1. The summed E-state index contributed by atoms with van der Waals surface area (Å²) in [7, 11) is 0. The minimum Gasteiger partial charge on any atom is -0.336 e. The van der Waals surface area contributed by atoms with E-state index >= 15 is 0 Å². The lowest BCUT2D eigenvalue weighted by atomic mass is 10.1. The lowest BCUT2D eigenvalue weighted by molar-refractivity contribution is 0.0735. The van der Waals surface area contributed by atoms with Crippen molar-refractivity contribution >= 4 is 52.8 Å². The number of thiophene rings is 1. The van der Waals surface area contributed by atoms with Gasteiger partial charge in [0.2, 0.25) is 0 Å².